The van der Waals surface area contributed by atoms with Crippen molar-refractivity contribution >= 4 is 55.5 Å². The van der Waals surface area contributed by atoms with Crippen LogP contribution in [-0.2, 0) is 11.2 Å². The second-order valence-corrected chi connectivity index (χ2v) is 8.13. The van der Waals surface area contributed by atoms with Gasteiger partial charge in [0, 0.05) is 33.9 Å². The van der Waals surface area contributed by atoms with Crippen LogP contribution in [0.15, 0.2) is 40.3 Å². The minimum atomic E-state index is -0.159. The number of benzene rings is 1. The fraction of sp³-hybridized carbons (Fsp3) is 0.278. The van der Waals surface area contributed by atoms with E-state index in [1.807, 2.05) is 40.2 Å². The number of hydrazine groups is 1. The number of nitrogens with one attached hydrogen (secondary N) is 3. The standard InChI is InChI=1S/C18H20BrN5OS2/c1-2-3-8-20-17(26)23-22-16(25)9-14-11-27-18-21-15(10-24(14)18)12-4-6-13(19)7-5-12/h4-7,10-11H,2-3,8-9H2,1H3,(H,22,25)(H2,20,23,26). The second kappa shape index (κ2) is 9.29. The van der Waals surface area contributed by atoms with Crippen molar-refractivity contribution < 1.29 is 4.79 Å². The van der Waals surface area contributed by atoms with Crippen LogP contribution >= 0.6 is 39.5 Å². The zero-order valence-corrected chi connectivity index (χ0v) is 18.0. The lowest BCUT2D eigenvalue weighted by molar-refractivity contribution is -0.121. The molecule has 0 aliphatic rings. The van der Waals surface area contributed by atoms with E-state index >= 15 is 0 Å². The number of unbranched alkanes of at least 4 members (excludes halogenated alkanes) is 1. The molecule has 3 rings (SSSR count). The Morgan fingerprint density at radius 1 is 1.30 bits per heavy atom. The smallest absolute Gasteiger partial charge is 0.244 e. The summed E-state index contributed by atoms with van der Waals surface area (Å²) >= 11 is 10.1. The van der Waals surface area contributed by atoms with Gasteiger partial charge in [0.05, 0.1) is 12.1 Å². The minimum Gasteiger partial charge on any atom is -0.361 e. The number of hydrogen-bond donors (Lipinski definition) is 3. The number of carbonyl (C=O) groups excluding carboxylic acids is 1. The van der Waals surface area contributed by atoms with Crippen molar-refractivity contribution in [3.05, 3.63) is 46.0 Å². The van der Waals surface area contributed by atoms with Gasteiger partial charge in [0.2, 0.25) is 5.91 Å². The summed E-state index contributed by atoms with van der Waals surface area (Å²) < 4.78 is 2.98. The van der Waals surface area contributed by atoms with Crippen molar-refractivity contribution in [1.29, 1.82) is 0 Å². The number of carbonyl (C=O) groups is 1. The predicted molar refractivity (Wildman–Crippen MR) is 117 cm³/mol. The normalized spacial score (nSPS) is 10.7. The first-order valence-corrected chi connectivity index (χ1v) is 10.7. The Labute approximate surface area is 175 Å². The third-order valence-electron chi connectivity index (χ3n) is 3.90. The van der Waals surface area contributed by atoms with E-state index in [0.29, 0.717) is 5.11 Å². The zero-order valence-electron chi connectivity index (χ0n) is 14.8. The summed E-state index contributed by atoms with van der Waals surface area (Å²) in [4.78, 5) is 17.7. The maximum absolute atomic E-state index is 12.2. The summed E-state index contributed by atoms with van der Waals surface area (Å²) in [6.07, 6.45) is 4.32. The Morgan fingerprint density at radius 3 is 2.81 bits per heavy atom. The molecule has 0 fully saturated rings. The molecule has 0 spiro atoms. The van der Waals surface area contributed by atoms with Gasteiger partial charge in [-0.3, -0.25) is 20.0 Å². The molecule has 0 aliphatic carbocycles. The molecule has 0 unspecified atom stereocenters. The molecule has 0 saturated heterocycles. The van der Waals surface area contributed by atoms with E-state index in [9.17, 15) is 4.79 Å². The number of fused-ring (bicyclic) bond motifs is 1. The number of thiazole rings is 1. The first-order chi connectivity index (χ1) is 13.1. The quantitative estimate of drug-likeness (QED) is 0.294. The van der Waals surface area contributed by atoms with Crippen molar-refractivity contribution in [3.8, 4) is 11.3 Å². The first kappa shape index (κ1) is 19.8. The predicted octanol–water partition coefficient (Wildman–Crippen LogP) is 3.66. The number of imidazole rings is 1. The van der Waals surface area contributed by atoms with Crippen LogP contribution in [0.4, 0.5) is 0 Å². The molecule has 0 saturated carbocycles. The molecule has 142 valence electrons. The summed E-state index contributed by atoms with van der Waals surface area (Å²) in [7, 11) is 0. The summed E-state index contributed by atoms with van der Waals surface area (Å²) in [6, 6.07) is 8.00. The molecule has 6 nitrogen and oxygen atoms in total. The largest absolute Gasteiger partial charge is 0.361 e. The van der Waals surface area contributed by atoms with Gasteiger partial charge in [-0.2, -0.15) is 0 Å². The summed E-state index contributed by atoms with van der Waals surface area (Å²) in [5.41, 5.74) is 8.17. The van der Waals surface area contributed by atoms with Crippen molar-refractivity contribution in [2.24, 2.45) is 0 Å². The lowest BCUT2D eigenvalue weighted by Gasteiger charge is -2.10. The molecule has 27 heavy (non-hydrogen) atoms. The molecule has 0 bridgehead atoms. The zero-order chi connectivity index (χ0) is 19.2. The van der Waals surface area contributed by atoms with Crippen molar-refractivity contribution in [3.63, 3.8) is 0 Å². The van der Waals surface area contributed by atoms with Crippen LogP contribution in [0, 0.1) is 0 Å². The monoisotopic (exact) mass is 465 g/mol. The van der Waals surface area contributed by atoms with E-state index in [0.717, 1.165) is 45.8 Å². The van der Waals surface area contributed by atoms with E-state index in [1.54, 1.807) is 0 Å². The first-order valence-electron chi connectivity index (χ1n) is 8.61. The number of rotatable bonds is 6. The van der Waals surface area contributed by atoms with Gasteiger partial charge in [-0.05, 0) is 30.8 Å². The van der Waals surface area contributed by atoms with Gasteiger partial charge in [0.1, 0.15) is 0 Å². The maximum Gasteiger partial charge on any atom is 0.244 e. The average Bonchev–Trinajstić information content (AvgIpc) is 3.23. The molecule has 0 radical (unpaired) electrons. The molecule has 2 heterocycles. The average molecular weight is 466 g/mol. The lowest BCUT2D eigenvalue weighted by Crippen LogP contribution is -2.47. The Hall–Kier alpha value is -1.97. The van der Waals surface area contributed by atoms with Crippen molar-refractivity contribution in [2.75, 3.05) is 6.54 Å². The molecule has 1 amide bonds. The van der Waals surface area contributed by atoms with E-state index in [-0.39, 0.29) is 12.3 Å². The molecule has 2 aromatic heterocycles. The third kappa shape index (κ3) is 5.27. The Morgan fingerprint density at radius 2 is 2.07 bits per heavy atom. The van der Waals surface area contributed by atoms with Crippen LogP contribution < -0.4 is 16.2 Å². The highest BCUT2D eigenvalue weighted by Crippen LogP contribution is 2.25. The number of nitrogens with zero attached hydrogens (tertiary/aromatic N) is 2. The maximum atomic E-state index is 12.2. The van der Waals surface area contributed by atoms with Crippen LogP contribution in [0.1, 0.15) is 25.5 Å². The summed E-state index contributed by atoms with van der Waals surface area (Å²) in [5.74, 6) is -0.159. The summed E-state index contributed by atoms with van der Waals surface area (Å²) in [6.45, 7) is 2.90. The number of amides is 1. The highest BCUT2D eigenvalue weighted by atomic mass is 79.9. The van der Waals surface area contributed by atoms with E-state index in [1.165, 1.54) is 11.3 Å². The van der Waals surface area contributed by atoms with Gasteiger partial charge in [-0.15, -0.1) is 11.3 Å². The Bertz CT molecular complexity index is 935. The van der Waals surface area contributed by atoms with Crippen molar-refractivity contribution in [2.45, 2.75) is 26.2 Å². The highest BCUT2D eigenvalue weighted by Gasteiger charge is 2.12. The van der Waals surface area contributed by atoms with Crippen molar-refractivity contribution in [1.82, 2.24) is 25.6 Å². The van der Waals surface area contributed by atoms with E-state index in [4.69, 9.17) is 12.2 Å². The van der Waals surface area contributed by atoms with E-state index in [2.05, 4.69) is 44.0 Å². The van der Waals surface area contributed by atoms with Gasteiger partial charge >= 0.3 is 0 Å². The Kier molecular flexibility index (Phi) is 6.81. The number of thiocarbonyl (C=S) groups is 1. The summed E-state index contributed by atoms with van der Waals surface area (Å²) in [5, 5.41) is 5.42. The molecule has 0 atom stereocenters. The molecule has 9 heteroatoms. The lowest BCUT2D eigenvalue weighted by atomic mass is 10.2. The van der Waals surface area contributed by atoms with Gasteiger partial charge in [0.25, 0.3) is 0 Å². The van der Waals surface area contributed by atoms with E-state index < -0.39 is 0 Å². The fourth-order valence-electron chi connectivity index (χ4n) is 2.47. The fourth-order valence-corrected chi connectivity index (χ4v) is 3.76. The Balaban J connectivity index is 1.61. The molecule has 3 N–H and O–H groups in total. The molecular formula is C18H20BrN5OS2. The van der Waals surface area contributed by atoms with Crippen LogP contribution in [0.2, 0.25) is 0 Å². The van der Waals surface area contributed by atoms with Crippen LogP contribution in [0.25, 0.3) is 16.2 Å². The topological polar surface area (TPSA) is 70.5 Å². The van der Waals surface area contributed by atoms with Gasteiger partial charge in [-0.25, -0.2) is 4.98 Å². The molecule has 1 aromatic carbocycles. The van der Waals surface area contributed by atoms with Crippen LogP contribution in [0.3, 0.4) is 0 Å². The second-order valence-electron chi connectivity index (χ2n) is 5.97. The van der Waals surface area contributed by atoms with Crippen LogP contribution in [0.5, 0.6) is 0 Å². The van der Waals surface area contributed by atoms with Crippen LogP contribution in [-0.4, -0.2) is 26.9 Å². The SMILES string of the molecule is CCCCNC(=S)NNC(=O)Cc1csc2nc(-c3ccc(Br)cc3)cn12. The van der Waals surface area contributed by atoms with Gasteiger partial charge in [-0.1, -0.05) is 41.4 Å². The third-order valence-corrected chi connectivity index (χ3v) is 5.56. The number of hydrogen-bond acceptors (Lipinski definition) is 4. The van der Waals surface area contributed by atoms with Gasteiger partial charge < -0.3 is 5.32 Å². The number of aromatic nitrogens is 2. The highest BCUT2D eigenvalue weighted by molar-refractivity contribution is 9.10. The molecular weight excluding hydrogens is 446 g/mol. The minimum absolute atomic E-state index is 0.159. The van der Waals surface area contributed by atoms with Gasteiger partial charge in [0.15, 0.2) is 10.1 Å². The molecule has 0 aliphatic heterocycles. The molecule has 3 aromatic rings. The number of halogens is 1.